The van der Waals surface area contributed by atoms with Crippen LogP contribution >= 0.6 is 15.9 Å². The molecule has 0 aromatic heterocycles. The highest BCUT2D eigenvalue weighted by Gasteiger charge is 2.13. The van der Waals surface area contributed by atoms with Crippen LogP contribution in [-0.2, 0) is 4.79 Å². The molecule has 0 aliphatic heterocycles. The van der Waals surface area contributed by atoms with Crippen molar-refractivity contribution in [3.05, 3.63) is 28.2 Å². The molecule has 0 saturated heterocycles. The molecule has 0 fully saturated rings. The zero-order valence-corrected chi connectivity index (χ0v) is 13.8. The molecule has 2 unspecified atom stereocenters. The molecule has 5 nitrogen and oxygen atoms in total. The summed E-state index contributed by atoms with van der Waals surface area (Å²) in [5.74, 6) is -1.57. The summed E-state index contributed by atoms with van der Waals surface area (Å²) in [6, 6.07) is 5.38. The first-order chi connectivity index (χ1) is 9.81. The molecule has 116 valence electrons. The standard InChI is InChI=1S/C15H21BrN2O3/c1-9(15(20)21)4-3-5-10(2)18-13-8-11(16)6-7-12(13)14(17)19/h6-10,18H,3-5H2,1-2H3,(H2,17,19)(H,20,21). The molecule has 1 amide bonds. The predicted molar refractivity (Wildman–Crippen MR) is 86.4 cm³/mol. The van der Waals surface area contributed by atoms with Crippen LogP contribution in [0.15, 0.2) is 22.7 Å². The minimum Gasteiger partial charge on any atom is -0.481 e. The molecule has 0 spiro atoms. The monoisotopic (exact) mass is 356 g/mol. The highest BCUT2D eigenvalue weighted by atomic mass is 79.9. The Morgan fingerprint density at radius 2 is 2.00 bits per heavy atom. The Bertz CT molecular complexity index is 520. The Kier molecular flexibility index (Phi) is 6.68. The topological polar surface area (TPSA) is 92.4 Å². The summed E-state index contributed by atoms with van der Waals surface area (Å²) in [4.78, 5) is 22.1. The number of anilines is 1. The molecule has 0 radical (unpaired) electrons. The van der Waals surface area contributed by atoms with Crippen molar-refractivity contribution in [1.29, 1.82) is 0 Å². The third-order valence-corrected chi connectivity index (χ3v) is 3.84. The Morgan fingerprint density at radius 3 is 2.57 bits per heavy atom. The minimum atomic E-state index is -0.765. The number of hydrogen-bond donors (Lipinski definition) is 3. The van der Waals surface area contributed by atoms with Crippen LogP contribution in [0.3, 0.4) is 0 Å². The summed E-state index contributed by atoms with van der Waals surface area (Å²) in [5.41, 5.74) is 6.49. The lowest BCUT2D eigenvalue weighted by Crippen LogP contribution is -2.20. The second kappa shape index (κ2) is 8.02. The average molecular weight is 357 g/mol. The number of carbonyl (C=O) groups excluding carboxylic acids is 1. The summed E-state index contributed by atoms with van der Waals surface area (Å²) in [7, 11) is 0. The van der Waals surface area contributed by atoms with Crippen molar-refractivity contribution in [2.24, 2.45) is 11.7 Å². The number of aliphatic carboxylic acids is 1. The molecule has 4 N–H and O–H groups in total. The molecular formula is C15H21BrN2O3. The molecule has 6 heteroatoms. The number of hydrogen-bond acceptors (Lipinski definition) is 3. The van der Waals surface area contributed by atoms with E-state index in [1.54, 1.807) is 19.1 Å². The summed E-state index contributed by atoms with van der Waals surface area (Å²) in [6.45, 7) is 3.71. The molecule has 0 aliphatic rings. The number of carboxylic acid groups (broad SMARTS) is 1. The van der Waals surface area contributed by atoms with Gasteiger partial charge in [-0.25, -0.2) is 0 Å². The van der Waals surface area contributed by atoms with Crippen LogP contribution < -0.4 is 11.1 Å². The zero-order valence-electron chi connectivity index (χ0n) is 12.2. The van der Waals surface area contributed by atoms with Crippen LogP contribution in [0.1, 0.15) is 43.5 Å². The summed E-state index contributed by atoms with van der Waals surface area (Å²) >= 11 is 3.37. The Balaban J connectivity index is 2.58. The number of nitrogens with one attached hydrogen (secondary N) is 1. The van der Waals surface area contributed by atoms with Crippen LogP contribution in [-0.4, -0.2) is 23.0 Å². The van der Waals surface area contributed by atoms with Crippen molar-refractivity contribution >= 4 is 33.5 Å². The van der Waals surface area contributed by atoms with Crippen LogP contribution in [0.4, 0.5) is 5.69 Å². The van der Waals surface area contributed by atoms with Crippen molar-refractivity contribution < 1.29 is 14.7 Å². The molecule has 0 bridgehead atoms. The largest absolute Gasteiger partial charge is 0.481 e. The lowest BCUT2D eigenvalue weighted by molar-refractivity contribution is -0.141. The first-order valence-electron chi connectivity index (χ1n) is 6.90. The van der Waals surface area contributed by atoms with Crippen LogP contribution in [0.5, 0.6) is 0 Å². The van der Waals surface area contributed by atoms with Gasteiger partial charge in [-0.15, -0.1) is 0 Å². The van der Waals surface area contributed by atoms with Crippen LogP contribution in [0.2, 0.25) is 0 Å². The third kappa shape index (κ3) is 5.75. The Morgan fingerprint density at radius 1 is 1.33 bits per heavy atom. The number of primary amides is 1. The van der Waals surface area contributed by atoms with E-state index in [1.807, 2.05) is 13.0 Å². The van der Waals surface area contributed by atoms with Gasteiger partial charge in [0.25, 0.3) is 5.91 Å². The van der Waals surface area contributed by atoms with E-state index in [1.165, 1.54) is 0 Å². The van der Waals surface area contributed by atoms with Crippen molar-refractivity contribution in [2.75, 3.05) is 5.32 Å². The van der Waals surface area contributed by atoms with E-state index >= 15 is 0 Å². The van der Waals surface area contributed by atoms with Gasteiger partial charge in [-0.3, -0.25) is 9.59 Å². The first-order valence-corrected chi connectivity index (χ1v) is 7.69. The quantitative estimate of drug-likeness (QED) is 0.666. The van der Waals surface area contributed by atoms with Crippen molar-refractivity contribution in [3.8, 4) is 0 Å². The molecule has 1 aromatic carbocycles. The van der Waals surface area contributed by atoms with Crippen LogP contribution in [0.25, 0.3) is 0 Å². The maximum atomic E-state index is 11.4. The SMILES string of the molecule is CC(CCCC(C)C(=O)O)Nc1cc(Br)ccc1C(N)=O. The van der Waals surface area contributed by atoms with E-state index in [9.17, 15) is 9.59 Å². The van der Waals surface area contributed by atoms with E-state index in [0.717, 1.165) is 17.3 Å². The minimum absolute atomic E-state index is 0.124. The highest BCUT2D eigenvalue weighted by Crippen LogP contribution is 2.23. The number of nitrogens with two attached hydrogens (primary N) is 1. The number of amides is 1. The number of rotatable bonds is 8. The van der Waals surface area contributed by atoms with E-state index in [4.69, 9.17) is 10.8 Å². The van der Waals surface area contributed by atoms with Gasteiger partial charge in [0, 0.05) is 16.2 Å². The molecular weight excluding hydrogens is 336 g/mol. The maximum Gasteiger partial charge on any atom is 0.306 e. The zero-order chi connectivity index (χ0) is 16.0. The van der Waals surface area contributed by atoms with Gasteiger partial charge < -0.3 is 16.2 Å². The predicted octanol–water partition coefficient (Wildman–Crippen LogP) is 3.24. The van der Waals surface area contributed by atoms with E-state index in [-0.39, 0.29) is 12.0 Å². The third-order valence-electron chi connectivity index (χ3n) is 3.34. The fourth-order valence-corrected chi connectivity index (χ4v) is 2.40. The van der Waals surface area contributed by atoms with Gasteiger partial charge >= 0.3 is 5.97 Å². The molecule has 0 heterocycles. The van der Waals surface area contributed by atoms with Gasteiger partial charge in [0.1, 0.15) is 0 Å². The molecule has 21 heavy (non-hydrogen) atoms. The summed E-state index contributed by atoms with van der Waals surface area (Å²) in [5, 5.41) is 12.1. The van der Waals surface area contributed by atoms with Gasteiger partial charge in [0.15, 0.2) is 0 Å². The lowest BCUT2D eigenvalue weighted by Gasteiger charge is -2.18. The highest BCUT2D eigenvalue weighted by molar-refractivity contribution is 9.10. The first kappa shape index (κ1) is 17.5. The van der Waals surface area contributed by atoms with Gasteiger partial charge in [-0.2, -0.15) is 0 Å². The van der Waals surface area contributed by atoms with Crippen molar-refractivity contribution in [1.82, 2.24) is 0 Å². The van der Waals surface area contributed by atoms with E-state index < -0.39 is 11.9 Å². The smallest absolute Gasteiger partial charge is 0.306 e. The fourth-order valence-electron chi connectivity index (χ4n) is 2.04. The number of carboxylic acids is 1. The molecule has 2 atom stereocenters. The Labute approximate surface area is 133 Å². The number of carbonyl (C=O) groups is 2. The van der Waals surface area contributed by atoms with Crippen LogP contribution in [0, 0.1) is 5.92 Å². The molecule has 0 aliphatic carbocycles. The van der Waals surface area contributed by atoms with Gasteiger partial charge in [-0.05, 0) is 38.0 Å². The Hall–Kier alpha value is -1.56. The van der Waals surface area contributed by atoms with E-state index in [2.05, 4.69) is 21.2 Å². The second-order valence-corrected chi connectivity index (χ2v) is 6.19. The van der Waals surface area contributed by atoms with E-state index in [0.29, 0.717) is 17.7 Å². The van der Waals surface area contributed by atoms with Gasteiger partial charge in [0.2, 0.25) is 0 Å². The number of halogens is 1. The molecule has 1 aromatic rings. The van der Waals surface area contributed by atoms with Crippen molar-refractivity contribution in [3.63, 3.8) is 0 Å². The normalized spacial score (nSPS) is 13.5. The average Bonchev–Trinajstić information content (AvgIpc) is 2.37. The van der Waals surface area contributed by atoms with Gasteiger partial charge in [0.05, 0.1) is 11.5 Å². The lowest BCUT2D eigenvalue weighted by atomic mass is 10.0. The fraction of sp³-hybridized carbons (Fsp3) is 0.467. The summed E-state index contributed by atoms with van der Waals surface area (Å²) < 4.78 is 0.863. The molecule has 0 saturated carbocycles. The molecule has 1 rings (SSSR count). The number of benzene rings is 1. The maximum absolute atomic E-state index is 11.4. The van der Waals surface area contributed by atoms with Gasteiger partial charge in [-0.1, -0.05) is 29.3 Å². The van der Waals surface area contributed by atoms with Crippen molar-refractivity contribution in [2.45, 2.75) is 39.2 Å². The summed E-state index contributed by atoms with van der Waals surface area (Å²) in [6.07, 6.45) is 2.27. The second-order valence-electron chi connectivity index (χ2n) is 5.27.